The average molecular weight is 255 g/mol. The van der Waals surface area contributed by atoms with Crippen LogP contribution in [0.2, 0.25) is 0 Å². The summed E-state index contributed by atoms with van der Waals surface area (Å²) in [5.74, 6) is 0.00826. The van der Waals surface area contributed by atoms with E-state index in [1.807, 2.05) is 11.8 Å². The van der Waals surface area contributed by atoms with E-state index < -0.39 is 0 Å². The van der Waals surface area contributed by atoms with Crippen LogP contribution < -0.4 is 0 Å². The van der Waals surface area contributed by atoms with E-state index in [0.717, 1.165) is 38.6 Å². The molecule has 2 atom stereocenters. The van der Waals surface area contributed by atoms with Crippen molar-refractivity contribution in [3.8, 4) is 0 Å². The smallest absolute Gasteiger partial charge is 0.302 e. The Morgan fingerprint density at radius 1 is 1.39 bits per heavy atom. The van der Waals surface area contributed by atoms with E-state index in [0.29, 0.717) is 6.42 Å². The summed E-state index contributed by atoms with van der Waals surface area (Å²) in [6, 6.07) is 0.199. The predicted octanol–water partition coefficient (Wildman–Crippen LogP) is 2.51. The van der Waals surface area contributed by atoms with Crippen LogP contribution in [0.4, 0.5) is 0 Å². The van der Waals surface area contributed by atoms with Gasteiger partial charge >= 0.3 is 5.97 Å². The Bertz CT molecular complexity index is 291. The van der Waals surface area contributed by atoms with E-state index >= 15 is 0 Å². The van der Waals surface area contributed by atoms with Gasteiger partial charge in [-0.15, -0.1) is 0 Å². The van der Waals surface area contributed by atoms with E-state index in [4.69, 9.17) is 4.74 Å². The van der Waals surface area contributed by atoms with Gasteiger partial charge < -0.3 is 9.64 Å². The number of hydrogen-bond acceptors (Lipinski definition) is 3. The molecular formula is C14H25NO3. The molecule has 4 heteroatoms. The molecule has 0 bridgehead atoms. The maximum Gasteiger partial charge on any atom is 0.302 e. The Morgan fingerprint density at radius 3 is 2.72 bits per heavy atom. The molecule has 0 N–H and O–H groups in total. The minimum Gasteiger partial charge on any atom is -0.463 e. The third-order valence-electron chi connectivity index (χ3n) is 3.49. The van der Waals surface area contributed by atoms with Crippen molar-refractivity contribution in [3.05, 3.63) is 0 Å². The van der Waals surface area contributed by atoms with Gasteiger partial charge in [-0.05, 0) is 26.2 Å². The number of likely N-dealkylation sites (tertiary alicyclic amines) is 1. The van der Waals surface area contributed by atoms with Gasteiger partial charge in [-0.1, -0.05) is 13.3 Å². The standard InChI is InChI=1S/C14H25NO3/c1-4-13(10-11(2)18-12(3)16)15-9-7-5-6-8-14(15)17/h11,13H,4-10H2,1-3H3. The van der Waals surface area contributed by atoms with Gasteiger partial charge in [0.1, 0.15) is 6.10 Å². The maximum atomic E-state index is 12.0. The van der Waals surface area contributed by atoms with Crippen molar-refractivity contribution in [3.63, 3.8) is 0 Å². The number of nitrogens with zero attached hydrogens (tertiary/aromatic N) is 1. The summed E-state index contributed by atoms with van der Waals surface area (Å²) < 4.78 is 5.16. The number of carbonyl (C=O) groups excluding carboxylic acids is 2. The largest absolute Gasteiger partial charge is 0.463 e. The van der Waals surface area contributed by atoms with Crippen LogP contribution in [0.3, 0.4) is 0 Å². The summed E-state index contributed by atoms with van der Waals surface area (Å²) in [4.78, 5) is 24.9. The Kier molecular flexibility index (Phi) is 6.16. The highest BCUT2D eigenvalue weighted by molar-refractivity contribution is 5.76. The van der Waals surface area contributed by atoms with Crippen LogP contribution in [0.5, 0.6) is 0 Å². The van der Waals surface area contributed by atoms with Crippen molar-refractivity contribution in [2.45, 2.75) is 71.4 Å². The molecule has 0 aliphatic carbocycles. The lowest BCUT2D eigenvalue weighted by atomic mass is 10.1. The molecule has 0 radical (unpaired) electrons. The number of esters is 1. The fraction of sp³-hybridized carbons (Fsp3) is 0.857. The molecule has 0 aromatic rings. The quantitative estimate of drug-likeness (QED) is 0.709. The van der Waals surface area contributed by atoms with Gasteiger partial charge in [0.15, 0.2) is 0 Å². The van der Waals surface area contributed by atoms with Crippen molar-refractivity contribution in [2.24, 2.45) is 0 Å². The molecule has 1 amide bonds. The van der Waals surface area contributed by atoms with Gasteiger partial charge in [-0.25, -0.2) is 0 Å². The summed E-state index contributed by atoms with van der Waals surface area (Å²) in [5.41, 5.74) is 0. The minimum atomic E-state index is -0.250. The fourth-order valence-corrected chi connectivity index (χ4v) is 2.62. The van der Waals surface area contributed by atoms with Crippen LogP contribution >= 0.6 is 0 Å². The fourth-order valence-electron chi connectivity index (χ4n) is 2.62. The minimum absolute atomic E-state index is 0.122. The monoisotopic (exact) mass is 255 g/mol. The summed E-state index contributed by atoms with van der Waals surface area (Å²) in [7, 11) is 0. The van der Waals surface area contributed by atoms with Crippen molar-refractivity contribution in [2.75, 3.05) is 6.54 Å². The second-order valence-corrected chi connectivity index (χ2v) is 5.12. The van der Waals surface area contributed by atoms with Gasteiger partial charge in [0, 0.05) is 32.4 Å². The molecule has 1 fully saturated rings. The van der Waals surface area contributed by atoms with Crippen molar-refractivity contribution < 1.29 is 14.3 Å². The van der Waals surface area contributed by atoms with Gasteiger partial charge in [0.25, 0.3) is 0 Å². The predicted molar refractivity (Wildman–Crippen MR) is 70.1 cm³/mol. The molecule has 2 unspecified atom stereocenters. The van der Waals surface area contributed by atoms with Crippen LogP contribution in [0, 0.1) is 0 Å². The topological polar surface area (TPSA) is 46.6 Å². The number of carbonyl (C=O) groups is 2. The molecule has 18 heavy (non-hydrogen) atoms. The molecule has 0 aromatic heterocycles. The van der Waals surface area contributed by atoms with Crippen LogP contribution in [0.25, 0.3) is 0 Å². The Hall–Kier alpha value is -1.06. The second kappa shape index (κ2) is 7.39. The summed E-state index contributed by atoms with van der Waals surface area (Å²) >= 11 is 0. The average Bonchev–Trinajstić information content (AvgIpc) is 2.50. The zero-order valence-electron chi connectivity index (χ0n) is 11.8. The third-order valence-corrected chi connectivity index (χ3v) is 3.49. The van der Waals surface area contributed by atoms with Crippen LogP contribution in [-0.4, -0.2) is 35.5 Å². The molecule has 1 saturated heterocycles. The molecule has 0 spiro atoms. The lowest BCUT2D eigenvalue weighted by molar-refractivity contribution is -0.146. The van der Waals surface area contributed by atoms with Gasteiger partial charge in [0.05, 0.1) is 0 Å². The van der Waals surface area contributed by atoms with Gasteiger partial charge in [-0.2, -0.15) is 0 Å². The van der Waals surface area contributed by atoms with Gasteiger partial charge in [-0.3, -0.25) is 9.59 Å². The van der Waals surface area contributed by atoms with Crippen LogP contribution in [0.15, 0.2) is 0 Å². The lowest BCUT2D eigenvalue weighted by Gasteiger charge is -2.31. The Labute approximate surface area is 110 Å². The highest BCUT2D eigenvalue weighted by Crippen LogP contribution is 2.19. The summed E-state index contributed by atoms with van der Waals surface area (Å²) in [6.45, 7) is 6.26. The Morgan fingerprint density at radius 2 is 2.11 bits per heavy atom. The molecule has 104 valence electrons. The summed E-state index contributed by atoms with van der Waals surface area (Å²) in [5, 5.41) is 0. The first-order valence-corrected chi connectivity index (χ1v) is 7.01. The molecular weight excluding hydrogens is 230 g/mol. The number of rotatable bonds is 5. The molecule has 0 saturated carbocycles. The molecule has 1 rings (SSSR count). The number of amides is 1. The number of hydrogen-bond donors (Lipinski definition) is 0. The zero-order valence-corrected chi connectivity index (χ0v) is 11.8. The van der Waals surface area contributed by atoms with E-state index in [1.165, 1.54) is 6.92 Å². The van der Waals surface area contributed by atoms with Crippen LogP contribution in [0.1, 0.15) is 59.3 Å². The molecule has 0 aromatic carbocycles. The Balaban J connectivity index is 2.57. The van der Waals surface area contributed by atoms with Crippen molar-refractivity contribution in [1.82, 2.24) is 4.90 Å². The molecule has 1 heterocycles. The second-order valence-electron chi connectivity index (χ2n) is 5.12. The normalized spacial score (nSPS) is 20.2. The number of ether oxygens (including phenoxy) is 1. The third kappa shape index (κ3) is 4.67. The van der Waals surface area contributed by atoms with E-state index in [2.05, 4.69) is 6.92 Å². The highest BCUT2D eigenvalue weighted by Gasteiger charge is 2.25. The van der Waals surface area contributed by atoms with E-state index in [1.54, 1.807) is 0 Å². The molecule has 4 nitrogen and oxygen atoms in total. The van der Waals surface area contributed by atoms with E-state index in [9.17, 15) is 9.59 Å². The first-order valence-electron chi connectivity index (χ1n) is 7.01. The SMILES string of the molecule is CCC(CC(C)OC(C)=O)N1CCCCCC1=O. The zero-order chi connectivity index (χ0) is 13.5. The maximum absolute atomic E-state index is 12.0. The first-order chi connectivity index (χ1) is 8.54. The molecule has 1 aliphatic heterocycles. The van der Waals surface area contributed by atoms with Gasteiger partial charge in [0.2, 0.25) is 5.91 Å². The highest BCUT2D eigenvalue weighted by atomic mass is 16.5. The van der Waals surface area contributed by atoms with Crippen LogP contribution in [-0.2, 0) is 14.3 Å². The van der Waals surface area contributed by atoms with Crippen molar-refractivity contribution >= 4 is 11.9 Å². The first kappa shape index (κ1) is 15.0. The molecule has 1 aliphatic rings. The van der Waals surface area contributed by atoms with E-state index in [-0.39, 0.29) is 24.0 Å². The lowest BCUT2D eigenvalue weighted by Crippen LogP contribution is -2.41. The van der Waals surface area contributed by atoms with Crippen molar-refractivity contribution in [1.29, 1.82) is 0 Å². The summed E-state index contributed by atoms with van der Waals surface area (Å²) in [6.07, 6.45) is 5.43.